The molecule has 1 aromatic heterocycles. The number of hydrogen-bond acceptors (Lipinski definition) is 5. The molecule has 1 aromatic rings. The van der Waals surface area contributed by atoms with Gasteiger partial charge in [0, 0.05) is 32.4 Å². The fraction of sp³-hybridized carbons (Fsp3) is 0.850. The van der Waals surface area contributed by atoms with Gasteiger partial charge in [0.2, 0.25) is 11.8 Å². The molecule has 2 aliphatic rings. The third kappa shape index (κ3) is 5.79. The van der Waals surface area contributed by atoms with Crippen LogP contribution in [0.3, 0.4) is 0 Å². The van der Waals surface area contributed by atoms with E-state index in [1.807, 2.05) is 4.90 Å². The van der Waals surface area contributed by atoms with Crippen molar-refractivity contribution in [3.63, 3.8) is 0 Å². The Labute approximate surface area is 156 Å². The smallest absolute Gasteiger partial charge is 0.226 e. The molecular weight excluding hydrogens is 330 g/mol. The summed E-state index contributed by atoms with van der Waals surface area (Å²) in [6.45, 7) is 6.55. The fourth-order valence-electron chi connectivity index (χ4n) is 4.00. The molecule has 0 atom stereocenters. The third-order valence-corrected chi connectivity index (χ3v) is 5.50. The largest absolute Gasteiger partial charge is 0.378 e. The molecule has 6 nitrogen and oxygen atoms in total. The number of nitrogens with zero attached hydrogens (tertiary/aromatic N) is 3. The van der Waals surface area contributed by atoms with Crippen molar-refractivity contribution in [2.75, 3.05) is 19.7 Å². The minimum atomic E-state index is 0.243. The van der Waals surface area contributed by atoms with E-state index < -0.39 is 0 Å². The number of likely N-dealkylation sites (tertiary alicyclic amines) is 1. The van der Waals surface area contributed by atoms with Gasteiger partial charge >= 0.3 is 0 Å². The first-order chi connectivity index (χ1) is 12.6. The minimum absolute atomic E-state index is 0.243. The standard InChI is InChI=1S/C20H33N3O3/c1-15(2)13-19-21-18(22-26-19)9-12-25-17-7-10-23(11-8-17)20(24)14-16-5-3-4-6-16/h15-17H,3-14H2,1-2H3. The predicted molar refractivity (Wildman–Crippen MR) is 98.7 cm³/mol. The van der Waals surface area contributed by atoms with E-state index >= 15 is 0 Å². The highest BCUT2D eigenvalue weighted by Crippen LogP contribution is 2.28. The van der Waals surface area contributed by atoms with Crippen LogP contribution in [-0.2, 0) is 22.4 Å². The lowest BCUT2D eigenvalue weighted by Gasteiger charge is -2.32. The lowest BCUT2D eigenvalue weighted by atomic mass is 10.0. The Balaban J connectivity index is 1.31. The van der Waals surface area contributed by atoms with Gasteiger partial charge < -0.3 is 14.2 Å². The maximum absolute atomic E-state index is 12.4. The molecule has 3 rings (SSSR count). The Hall–Kier alpha value is -1.43. The van der Waals surface area contributed by atoms with Crippen molar-refractivity contribution in [3.8, 4) is 0 Å². The molecule has 146 valence electrons. The summed E-state index contributed by atoms with van der Waals surface area (Å²) in [5.41, 5.74) is 0. The number of carbonyl (C=O) groups is 1. The van der Waals surface area contributed by atoms with Crippen LogP contribution in [0, 0.1) is 11.8 Å². The van der Waals surface area contributed by atoms with Crippen LogP contribution in [0.2, 0.25) is 0 Å². The predicted octanol–water partition coefficient (Wildman–Crippen LogP) is 3.40. The summed E-state index contributed by atoms with van der Waals surface area (Å²) >= 11 is 0. The van der Waals surface area contributed by atoms with Crippen LogP contribution in [-0.4, -0.2) is 46.7 Å². The third-order valence-electron chi connectivity index (χ3n) is 5.50. The highest BCUT2D eigenvalue weighted by atomic mass is 16.5. The Morgan fingerprint density at radius 1 is 1.23 bits per heavy atom. The summed E-state index contributed by atoms with van der Waals surface area (Å²) in [5, 5.41) is 4.02. The normalized spacial score (nSPS) is 19.6. The van der Waals surface area contributed by atoms with E-state index in [1.165, 1.54) is 25.7 Å². The maximum atomic E-state index is 12.4. The van der Waals surface area contributed by atoms with Crippen molar-refractivity contribution in [1.29, 1.82) is 0 Å². The number of hydrogen-bond donors (Lipinski definition) is 0. The summed E-state index contributed by atoms with van der Waals surface area (Å²) < 4.78 is 11.2. The van der Waals surface area contributed by atoms with E-state index in [0.29, 0.717) is 36.7 Å². The van der Waals surface area contributed by atoms with Crippen LogP contribution in [0.1, 0.15) is 70.5 Å². The number of carbonyl (C=O) groups excluding carboxylic acids is 1. The van der Waals surface area contributed by atoms with Crippen LogP contribution in [0.5, 0.6) is 0 Å². The van der Waals surface area contributed by atoms with Gasteiger partial charge in [0.1, 0.15) is 0 Å². The Morgan fingerprint density at radius 3 is 2.65 bits per heavy atom. The number of amides is 1. The zero-order valence-electron chi connectivity index (χ0n) is 16.3. The molecule has 1 aliphatic heterocycles. The number of ether oxygens (including phenoxy) is 1. The molecule has 0 aromatic carbocycles. The van der Waals surface area contributed by atoms with E-state index in [9.17, 15) is 4.79 Å². The first kappa shape index (κ1) is 19.3. The first-order valence-corrected chi connectivity index (χ1v) is 10.3. The van der Waals surface area contributed by atoms with E-state index in [0.717, 1.165) is 44.6 Å². The van der Waals surface area contributed by atoms with Gasteiger partial charge in [0.25, 0.3) is 0 Å². The van der Waals surface area contributed by atoms with Crippen LogP contribution in [0.4, 0.5) is 0 Å². The Kier molecular flexibility index (Phi) is 7.06. The Morgan fingerprint density at radius 2 is 1.96 bits per heavy atom. The molecule has 6 heteroatoms. The quantitative estimate of drug-likeness (QED) is 0.708. The van der Waals surface area contributed by atoms with Gasteiger partial charge in [0.15, 0.2) is 5.82 Å². The summed E-state index contributed by atoms with van der Waals surface area (Å²) in [6, 6.07) is 0. The summed E-state index contributed by atoms with van der Waals surface area (Å²) in [6.07, 6.45) is 9.43. The molecule has 2 heterocycles. The number of rotatable bonds is 8. The molecule has 1 saturated carbocycles. The van der Waals surface area contributed by atoms with Gasteiger partial charge in [0.05, 0.1) is 12.7 Å². The van der Waals surface area contributed by atoms with E-state index in [1.54, 1.807) is 0 Å². The molecule has 1 aliphatic carbocycles. The summed E-state index contributed by atoms with van der Waals surface area (Å²) in [4.78, 5) is 18.8. The van der Waals surface area contributed by atoms with Crippen molar-refractivity contribution >= 4 is 5.91 Å². The van der Waals surface area contributed by atoms with Crippen LogP contribution >= 0.6 is 0 Å². The molecule has 0 unspecified atom stereocenters. The first-order valence-electron chi connectivity index (χ1n) is 10.3. The summed E-state index contributed by atoms with van der Waals surface area (Å²) in [5.74, 6) is 2.93. The van der Waals surface area contributed by atoms with Crippen molar-refractivity contribution in [3.05, 3.63) is 11.7 Å². The van der Waals surface area contributed by atoms with Crippen LogP contribution in [0.15, 0.2) is 4.52 Å². The lowest BCUT2D eigenvalue weighted by molar-refractivity contribution is -0.134. The SMILES string of the molecule is CC(C)Cc1nc(CCOC2CCN(C(=O)CC3CCCC3)CC2)no1. The fourth-order valence-corrected chi connectivity index (χ4v) is 4.00. The van der Waals surface area contributed by atoms with Gasteiger partial charge in [-0.15, -0.1) is 0 Å². The second kappa shape index (κ2) is 9.49. The van der Waals surface area contributed by atoms with E-state index in [2.05, 4.69) is 24.0 Å². The van der Waals surface area contributed by atoms with Crippen molar-refractivity contribution < 1.29 is 14.1 Å². The zero-order chi connectivity index (χ0) is 18.4. The maximum Gasteiger partial charge on any atom is 0.226 e. The van der Waals surface area contributed by atoms with Gasteiger partial charge in [-0.2, -0.15) is 4.98 Å². The highest BCUT2D eigenvalue weighted by Gasteiger charge is 2.26. The molecular formula is C20H33N3O3. The van der Waals surface area contributed by atoms with Crippen molar-refractivity contribution in [2.45, 2.75) is 77.7 Å². The minimum Gasteiger partial charge on any atom is -0.378 e. The average Bonchev–Trinajstić information content (AvgIpc) is 3.27. The van der Waals surface area contributed by atoms with Gasteiger partial charge in [-0.3, -0.25) is 4.79 Å². The highest BCUT2D eigenvalue weighted by molar-refractivity contribution is 5.76. The van der Waals surface area contributed by atoms with Crippen molar-refractivity contribution in [1.82, 2.24) is 15.0 Å². The molecule has 2 fully saturated rings. The van der Waals surface area contributed by atoms with Crippen LogP contribution in [0.25, 0.3) is 0 Å². The van der Waals surface area contributed by atoms with E-state index in [-0.39, 0.29) is 6.10 Å². The molecule has 0 N–H and O–H groups in total. The molecule has 0 spiro atoms. The summed E-state index contributed by atoms with van der Waals surface area (Å²) in [7, 11) is 0. The number of aromatic nitrogens is 2. The molecule has 0 radical (unpaired) electrons. The zero-order valence-corrected chi connectivity index (χ0v) is 16.3. The second-order valence-electron chi connectivity index (χ2n) is 8.26. The molecule has 1 saturated heterocycles. The van der Waals surface area contributed by atoms with Gasteiger partial charge in [-0.05, 0) is 37.5 Å². The Bertz CT molecular complexity index is 558. The molecule has 26 heavy (non-hydrogen) atoms. The monoisotopic (exact) mass is 363 g/mol. The van der Waals surface area contributed by atoms with Gasteiger partial charge in [-0.25, -0.2) is 0 Å². The topological polar surface area (TPSA) is 68.5 Å². The van der Waals surface area contributed by atoms with Crippen molar-refractivity contribution in [2.24, 2.45) is 11.8 Å². The molecule has 1 amide bonds. The number of piperidine rings is 1. The van der Waals surface area contributed by atoms with Gasteiger partial charge in [-0.1, -0.05) is 31.8 Å². The lowest BCUT2D eigenvalue weighted by Crippen LogP contribution is -2.41. The van der Waals surface area contributed by atoms with Crippen LogP contribution < -0.4 is 0 Å². The average molecular weight is 364 g/mol. The van der Waals surface area contributed by atoms with E-state index in [4.69, 9.17) is 9.26 Å². The second-order valence-corrected chi connectivity index (χ2v) is 8.26. The molecule has 0 bridgehead atoms.